The second-order valence-corrected chi connectivity index (χ2v) is 7.28. The van der Waals surface area contributed by atoms with E-state index < -0.39 is 10.0 Å². The highest BCUT2D eigenvalue weighted by atomic mass is 32.2. The van der Waals surface area contributed by atoms with Crippen LogP contribution in [0, 0.1) is 5.92 Å². The maximum atomic E-state index is 11.9. The number of nitrogens with one attached hydrogen (secondary N) is 2. The number of piperidine rings is 1. The van der Waals surface area contributed by atoms with Gasteiger partial charge in [0, 0.05) is 26.3 Å². The van der Waals surface area contributed by atoms with E-state index in [0.29, 0.717) is 25.6 Å². The van der Waals surface area contributed by atoms with Crippen molar-refractivity contribution in [2.24, 2.45) is 5.92 Å². The zero-order valence-electron chi connectivity index (χ0n) is 11.4. The topological polar surface area (TPSA) is 67.4 Å². The van der Waals surface area contributed by atoms with Crippen LogP contribution in [-0.2, 0) is 14.8 Å². The lowest BCUT2D eigenvalue weighted by Gasteiger charge is -2.23. The quantitative estimate of drug-likeness (QED) is 0.642. The summed E-state index contributed by atoms with van der Waals surface area (Å²) in [5.41, 5.74) is 0. The van der Waals surface area contributed by atoms with E-state index in [1.165, 1.54) is 0 Å². The van der Waals surface area contributed by atoms with Gasteiger partial charge in [0.25, 0.3) is 0 Å². The van der Waals surface area contributed by atoms with Gasteiger partial charge in [-0.05, 0) is 31.7 Å². The molecule has 1 saturated heterocycles. The molecule has 0 aromatic carbocycles. The Morgan fingerprint density at radius 1 is 1.44 bits per heavy atom. The van der Waals surface area contributed by atoms with Crippen molar-refractivity contribution in [3.63, 3.8) is 0 Å². The summed E-state index contributed by atoms with van der Waals surface area (Å²) in [6, 6.07) is 0. The summed E-state index contributed by atoms with van der Waals surface area (Å²) in [5.74, 6) is 0.523. The van der Waals surface area contributed by atoms with Gasteiger partial charge in [-0.25, -0.2) is 13.1 Å². The molecular formula is C12H26N2O3S. The summed E-state index contributed by atoms with van der Waals surface area (Å²) in [7, 11) is -3.15. The van der Waals surface area contributed by atoms with Gasteiger partial charge in [0.2, 0.25) is 10.0 Å². The second kappa shape index (κ2) is 8.09. The molecular weight excluding hydrogens is 252 g/mol. The fraction of sp³-hybridized carbons (Fsp3) is 1.00. The van der Waals surface area contributed by atoms with E-state index >= 15 is 0 Å². The van der Waals surface area contributed by atoms with Crippen molar-refractivity contribution in [1.82, 2.24) is 10.0 Å². The Balaban J connectivity index is 2.13. The van der Waals surface area contributed by atoms with E-state index in [0.717, 1.165) is 32.4 Å². The van der Waals surface area contributed by atoms with Gasteiger partial charge in [0.1, 0.15) is 0 Å². The average molecular weight is 278 g/mol. The normalized spacial score (nSPS) is 21.4. The third kappa shape index (κ3) is 6.13. The lowest BCUT2D eigenvalue weighted by molar-refractivity contribution is 0.108. The SMILES string of the molecule is CC(C)COCCCNS(=O)(=O)C1CCCNC1. The maximum absolute atomic E-state index is 11.9. The van der Waals surface area contributed by atoms with Gasteiger partial charge in [-0.2, -0.15) is 0 Å². The largest absolute Gasteiger partial charge is 0.381 e. The Kier molecular flexibility index (Phi) is 7.14. The van der Waals surface area contributed by atoms with Crippen molar-refractivity contribution in [2.75, 3.05) is 32.8 Å². The molecule has 1 atom stereocenters. The summed E-state index contributed by atoms with van der Waals surface area (Å²) in [6.07, 6.45) is 2.42. The fourth-order valence-corrected chi connectivity index (χ4v) is 3.39. The first kappa shape index (κ1) is 15.9. The molecule has 2 N–H and O–H groups in total. The van der Waals surface area contributed by atoms with E-state index in [-0.39, 0.29) is 5.25 Å². The maximum Gasteiger partial charge on any atom is 0.215 e. The fourth-order valence-electron chi connectivity index (χ4n) is 1.91. The van der Waals surface area contributed by atoms with Crippen molar-refractivity contribution < 1.29 is 13.2 Å². The number of hydrogen-bond donors (Lipinski definition) is 2. The van der Waals surface area contributed by atoms with Gasteiger partial charge in [0.15, 0.2) is 0 Å². The van der Waals surface area contributed by atoms with E-state index in [1.807, 2.05) is 0 Å². The van der Waals surface area contributed by atoms with Crippen molar-refractivity contribution >= 4 is 10.0 Å². The highest BCUT2D eigenvalue weighted by Crippen LogP contribution is 2.10. The molecule has 1 rings (SSSR count). The number of hydrogen-bond acceptors (Lipinski definition) is 4. The van der Waals surface area contributed by atoms with Crippen molar-refractivity contribution in [1.29, 1.82) is 0 Å². The van der Waals surface area contributed by atoms with Crippen LogP contribution in [0.15, 0.2) is 0 Å². The zero-order chi connectivity index (χ0) is 13.4. The molecule has 0 aromatic heterocycles. The molecule has 0 saturated carbocycles. The highest BCUT2D eigenvalue weighted by molar-refractivity contribution is 7.90. The van der Waals surface area contributed by atoms with E-state index in [1.54, 1.807) is 0 Å². The van der Waals surface area contributed by atoms with Crippen LogP contribution >= 0.6 is 0 Å². The standard InChI is InChI=1S/C12H26N2O3S/c1-11(2)10-17-8-4-7-14-18(15,16)12-5-3-6-13-9-12/h11-14H,3-10H2,1-2H3. The van der Waals surface area contributed by atoms with Crippen LogP contribution < -0.4 is 10.0 Å². The molecule has 0 amide bonds. The number of rotatable bonds is 8. The molecule has 1 aliphatic rings. The van der Waals surface area contributed by atoms with Gasteiger partial charge >= 0.3 is 0 Å². The van der Waals surface area contributed by atoms with Gasteiger partial charge in [-0.15, -0.1) is 0 Å². The summed E-state index contributed by atoms with van der Waals surface area (Å²) in [5, 5.41) is 2.85. The van der Waals surface area contributed by atoms with Crippen LogP contribution in [0.3, 0.4) is 0 Å². The Labute approximate surface area is 111 Å². The molecule has 1 fully saturated rings. The van der Waals surface area contributed by atoms with Crippen LogP contribution in [0.4, 0.5) is 0 Å². The van der Waals surface area contributed by atoms with Gasteiger partial charge in [0.05, 0.1) is 5.25 Å². The third-order valence-corrected chi connectivity index (χ3v) is 4.80. The molecule has 1 heterocycles. The zero-order valence-corrected chi connectivity index (χ0v) is 12.3. The molecule has 0 radical (unpaired) electrons. The summed E-state index contributed by atoms with van der Waals surface area (Å²) in [4.78, 5) is 0. The summed E-state index contributed by atoms with van der Waals surface area (Å²) >= 11 is 0. The number of sulfonamides is 1. The molecule has 0 aromatic rings. The molecule has 18 heavy (non-hydrogen) atoms. The first-order chi connectivity index (χ1) is 8.52. The van der Waals surface area contributed by atoms with Crippen LogP contribution in [0.5, 0.6) is 0 Å². The minimum absolute atomic E-state index is 0.275. The lowest BCUT2D eigenvalue weighted by atomic mass is 10.2. The third-order valence-electron chi connectivity index (χ3n) is 2.91. The Bertz CT molecular complexity index is 311. The van der Waals surface area contributed by atoms with Crippen molar-refractivity contribution in [2.45, 2.75) is 38.4 Å². The van der Waals surface area contributed by atoms with Crippen molar-refractivity contribution in [3.05, 3.63) is 0 Å². The monoisotopic (exact) mass is 278 g/mol. The number of ether oxygens (including phenoxy) is 1. The molecule has 6 heteroatoms. The van der Waals surface area contributed by atoms with Gasteiger partial charge in [-0.1, -0.05) is 13.8 Å². The molecule has 0 bridgehead atoms. The summed E-state index contributed by atoms with van der Waals surface area (Å²) < 4.78 is 31.9. The van der Waals surface area contributed by atoms with Gasteiger partial charge in [-0.3, -0.25) is 0 Å². The van der Waals surface area contributed by atoms with Crippen LogP contribution in [0.2, 0.25) is 0 Å². The first-order valence-electron chi connectivity index (χ1n) is 6.79. The molecule has 0 aliphatic carbocycles. The molecule has 108 valence electrons. The first-order valence-corrected chi connectivity index (χ1v) is 8.34. The molecule has 5 nitrogen and oxygen atoms in total. The Morgan fingerprint density at radius 2 is 2.22 bits per heavy atom. The molecule has 1 unspecified atom stereocenters. The lowest BCUT2D eigenvalue weighted by Crippen LogP contribution is -2.44. The van der Waals surface area contributed by atoms with Crippen LogP contribution in [0.1, 0.15) is 33.1 Å². The average Bonchev–Trinajstić information content (AvgIpc) is 2.34. The van der Waals surface area contributed by atoms with Crippen molar-refractivity contribution in [3.8, 4) is 0 Å². The van der Waals surface area contributed by atoms with E-state index in [4.69, 9.17) is 4.74 Å². The second-order valence-electron chi connectivity index (χ2n) is 5.23. The molecule has 0 spiro atoms. The summed E-state index contributed by atoms with van der Waals surface area (Å²) in [6.45, 7) is 7.51. The van der Waals surface area contributed by atoms with Crippen LogP contribution in [-0.4, -0.2) is 46.5 Å². The minimum atomic E-state index is -3.15. The van der Waals surface area contributed by atoms with E-state index in [9.17, 15) is 8.42 Å². The predicted molar refractivity (Wildman–Crippen MR) is 73.1 cm³/mol. The Morgan fingerprint density at radius 3 is 2.83 bits per heavy atom. The smallest absolute Gasteiger partial charge is 0.215 e. The van der Waals surface area contributed by atoms with Gasteiger partial charge < -0.3 is 10.1 Å². The minimum Gasteiger partial charge on any atom is -0.381 e. The predicted octanol–water partition coefficient (Wildman–Crippen LogP) is 0.721. The Hall–Kier alpha value is -0.170. The molecule has 1 aliphatic heterocycles. The van der Waals surface area contributed by atoms with Crippen LogP contribution in [0.25, 0.3) is 0 Å². The van der Waals surface area contributed by atoms with E-state index in [2.05, 4.69) is 23.9 Å². The highest BCUT2D eigenvalue weighted by Gasteiger charge is 2.26.